The molecule has 1 heterocycles. The van der Waals surface area contributed by atoms with Gasteiger partial charge in [0.1, 0.15) is 11.5 Å². The fourth-order valence-corrected chi connectivity index (χ4v) is 6.06. The number of amides is 2. The van der Waals surface area contributed by atoms with Crippen molar-refractivity contribution in [1.29, 1.82) is 0 Å². The summed E-state index contributed by atoms with van der Waals surface area (Å²) in [5.74, 6) is 1.53. The zero-order valence-corrected chi connectivity index (χ0v) is 19.1. The number of ether oxygens (including phenoxy) is 2. The van der Waals surface area contributed by atoms with Gasteiger partial charge in [0.25, 0.3) is 0 Å². The zero-order chi connectivity index (χ0) is 23.4. The van der Waals surface area contributed by atoms with Gasteiger partial charge in [-0.2, -0.15) is 0 Å². The molecule has 34 heavy (non-hydrogen) atoms. The number of carbonyl (C=O) groups excluding carboxylic acids is 3. The minimum atomic E-state index is -0.499. The van der Waals surface area contributed by atoms with Crippen LogP contribution in [0.4, 0.5) is 5.69 Å². The maximum Gasteiger partial charge on any atom is 0.343 e. The molecule has 2 saturated carbocycles. The van der Waals surface area contributed by atoms with Crippen molar-refractivity contribution in [2.45, 2.75) is 26.2 Å². The fourth-order valence-electron chi connectivity index (χ4n) is 6.06. The maximum atomic E-state index is 13.2. The average molecular weight is 458 g/mol. The van der Waals surface area contributed by atoms with Gasteiger partial charge in [-0.25, -0.2) is 4.79 Å². The summed E-state index contributed by atoms with van der Waals surface area (Å²) in [7, 11) is 0. The molecule has 6 heteroatoms. The van der Waals surface area contributed by atoms with Crippen LogP contribution in [0.3, 0.4) is 0 Å². The Morgan fingerprint density at radius 1 is 0.882 bits per heavy atom. The number of hydrogen-bond donors (Lipinski definition) is 0. The lowest BCUT2D eigenvalue weighted by Crippen LogP contribution is -2.40. The Balaban J connectivity index is 1.13. The molecule has 0 unspecified atom stereocenters. The molecule has 2 amide bonds. The number of allylic oxidation sites excluding steroid dienone is 2. The summed E-state index contributed by atoms with van der Waals surface area (Å²) in [6, 6.07) is 13.5. The predicted molar refractivity (Wildman–Crippen MR) is 125 cm³/mol. The van der Waals surface area contributed by atoms with Crippen molar-refractivity contribution in [3.05, 3.63) is 66.2 Å². The number of hydrogen-bond acceptors (Lipinski definition) is 5. The van der Waals surface area contributed by atoms with E-state index in [1.54, 1.807) is 48.5 Å². The second kappa shape index (κ2) is 8.12. The Kier molecular flexibility index (Phi) is 5.05. The third-order valence-electron chi connectivity index (χ3n) is 7.82. The molecule has 6 atom stereocenters. The summed E-state index contributed by atoms with van der Waals surface area (Å²) < 4.78 is 11.1. The van der Waals surface area contributed by atoms with Gasteiger partial charge in [-0.15, -0.1) is 0 Å². The standard InChI is InChI=1S/C28H27NO5/c1-2-3-14-33-18-8-10-19(11-9-18)34-28(32)16-4-6-17(7-5-16)29-26(30)24-20-12-13-21(23-15-22(20)23)25(24)27(29)31/h4-13,20-25H,2-3,14-15H2,1H3/t20-,21+,22-,23-,24+,25+/m1/s1. The van der Waals surface area contributed by atoms with E-state index in [1.807, 2.05) is 0 Å². The van der Waals surface area contributed by atoms with E-state index in [-0.39, 0.29) is 35.5 Å². The molecule has 7 rings (SSSR count). The lowest BCUT2D eigenvalue weighted by atomic mass is 9.63. The molecule has 0 spiro atoms. The van der Waals surface area contributed by atoms with E-state index < -0.39 is 5.97 Å². The van der Waals surface area contributed by atoms with Crippen LogP contribution in [0.2, 0.25) is 0 Å². The smallest absolute Gasteiger partial charge is 0.343 e. The van der Waals surface area contributed by atoms with E-state index in [9.17, 15) is 14.4 Å². The Hall–Kier alpha value is -3.41. The fraction of sp³-hybridized carbons (Fsp3) is 0.393. The molecule has 0 radical (unpaired) electrons. The van der Waals surface area contributed by atoms with Crippen LogP contribution < -0.4 is 14.4 Å². The summed E-state index contributed by atoms with van der Waals surface area (Å²) in [5.41, 5.74) is 0.870. The molecular weight excluding hydrogens is 430 g/mol. The van der Waals surface area contributed by atoms with Gasteiger partial charge >= 0.3 is 5.97 Å². The highest BCUT2D eigenvalue weighted by Crippen LogP contribution is 2.65. The zero-order valence-electron chi connectivity index (χ0n) is 19.1. The van der Waals surface area contributed by atoms with Crippen molar-refractivity contribution in [1.82, 2.24) is 0 Å². The van der Waals surface area contributed by atoms with Gasteiger partial charge in [0.05, 0.1) is 29.7 Å². The molecule has 1 saturated heterocycles. The van der Waals surface area contributed by atoms with Crippen molar-refractivity contribution in [3.63, 3.8) is 0 Å². The number of benzene rings is 2. The highest BCUT2D eigenvalue weighted by atomic mass is 16.5. The topological polar surface area (TPSA) is 72.9 Å². The number of carbonyl (C=O) groups is 3. The van der Waals surface area contributed by atoms with Gasteiger partial charge in [0.2, 0.25) is 11.8 Å². The van der Waals surface area contributed by atoms with E-state index in [0.717, 1.165) is 25.0 Å². The number of unbranched alkanes of at least 4 members (excludes halogenated alkanes) is 1. The molecule has 2 aromatic rings. The predicted octanol–water partition coefficient (Wildman–Crippen LogP) is 4.64. The molecule has 4 aliphatic carbocycles. The summed E-state index contributed by atoms with van der Waals surface area (Å²) >= 11 is 0. The second-order valence-corrected chi connectivity index (χ2v) is 9.78. The quantitative estimate of drug-likeness (QED) is 0.199. The van der Waals surface area contributed by atoms with E-state index in [4.69, 9.17) is 9.47 Å². The molecule has 174 valence electrons. The van der Waals surface area contributed by atoms with Crippen LogP contribution in [0, 0.1) is 35.5 Å². The highest BCUT2D eigenvalue weighted by molar-refractivity contribution is 6.22. The molecule has 1 aliphatic heterocycles. The largest absolute Gasteiger partial charge is 0.494 e. The van der Waals surface area contributed by atoms with Crippen LogP contribution in [-0.2, 0) is 9.59 Å². The first-order valence-corrected chi connectivity index (χ1v) is 12.2. The normalized spacial score (nSPS) is 30.2. The number of nitrogens with zero attached hydrogens (tertiary/aromatic N) is 1. The summed E-state index contributed by atoms with van der Waals surface area (Å²) in [6.07, 6.45) is 7.52. The Morgan fingerprint density at radius 3 is 2.06 bits per heavy atom. The summed E-state index contributed by atoms with van der Waals surface area (Å²) in [6.45, 7) is 2.76. The molecule has 5 aliphatic rings. The Labute approximate surface area is 198 Å². The number of imide groups is 1. The average Bonchev–Trinajstić information content (AvgIpc) is 3.64. The minimum absolute atomic E-state index is 0.101. The molecule has 2 aromatic carbocycles. The highest BCUT2D eigenvalue weighted by Gasteiger charge is 2.67. The Bertz CT molecular complexity index is 1130. The first-order valence-electron chi connectivity index (χ1n) is 12.2. The van der Waals surface area contributed by atoms with E-state index >= 15 is 0 Å². The van der Waals surface area contributed by atoms with E-state index in [2.05, 4.69) is 19.1 Å². The number of esters is 1. The van der Waals surface area contributed by atoms with Crippen molar-refractivity contribution >= 4 is 23.5 Å². The third-order valence-corrected chi connectivity index (χ3v) is 7.82. The van der Waals surface area contributed by atoms with Crippen LogP contribution in [0.25, 0.3) is 0 Å². The minimum Gasteiger partial charge on any atom is -0.494 e. The van der Waals surface area contributed by atoms with Crippen molar-refractivity contribution in [2.24, 2.45) is 35.5 Å². The van der Waals surface area contributed by atoms with Gasteiger partial charge in [-0.3, -0.25) is 14.5 Å². The van der Waals surface area contributed by atoms with Gasteiger partial charge in [0, 0.05) is 0 Å². The number of rotatable bonds is 7. The summed E-state index contributed by atoms with van der Waals surface area (Å²) in [4.78, 5) is 40.4. The number of anilines is 1. The first kappa shape index (κ1) is 21.1. The monoisotopic (exact) mass is 457 g/mol. The Morgan fingerprint density at radius 2 is 1.47 bits per heavy atom. The lowest BCUT2D eigenvalue weighted by Gasteiger charge is -2.37. The summed E-state index contributed by atoms with van der Waals surface area (Å²) in [5, 5.41) is 0. The second-order valence-electron chi connectivity index (χ2n) is 9.78. The third kappa shape index (κ3) is 3.35. The van der Waals surface area contributed by atoms with Crippen LogP contribution in [0.5, 0.6) is 11.5 Å². The molecule has 6 nitrogen and oxygen atoms in total. The molecule has 2 bridgehead atoms. The van der Waals surface area contributed by atoms with Crippen molar-refractivity contribution in [3.8, 4) is 11.5 Å². The van der Waals surface area contributed by atoms with Gasteiger partial charge in [-0.1, -0.05) is 25.5 Å². The van der Waals surface area contributed by atoms with E-state index in [0.29, 0.717) is 35.4 Å². The van der Waals surface area contributed by atoms with Crippen LogP contribution >= 0.6 is 0 Å². The van der Waals surface area contributed by atoms with Gasteiger partial charge < -0.3 is 9.47 Å². The van der Waals surface area contributed by atoms with E-state index in [1.165, 1.54) is 4.90 Å². The first-order chi connectivity index (χ1) is 16.6. The lowest BCUT2D eigenvalue weighted by molar-refractivity contribution is -0.124. The van der Waals surface area contributed by atoms with Crippen LogP contribution in [0.1, 0.15) is 36.5 Å². The van der Waals surface area contributed by atoms with Crippen LogP contribution in [0.15, 0.2) is 60.7 Å². The SMILES string of the molecule is CCCCOc1ccc(OC(=O)c2ccc(N3C(=O)[C@H]4[C@@H]5C=C[C@@H]([C@H]6C[C@H]56)[C@@H]4C3=O)cc2)cc1. The van der Waals surface area contributed by atoms with Crippen LogP contribution in [-0.4, -0.2) is 24.4 Å². The maximum absolute atomic E-state index is 13.2. The van der Waals surface area contributed by atoms with Crippen molar-refractivity contribution < 1.29 is 23.9 Å². The van der Waals surface area contributed by atoms with Gasteiger partial charge in [-0.05, 0) is 85.0 Å². The molecule has 0 N–H and O–H groups in total. The molecule has 0 aromatic heterocycles. The van der Waals surface area contributed by atoms with Crippen molar-refractivity contribution in [2.75, 3.05) is 11.5 Å². The molecular formula is C28H27NO5. The molecule has 3 fully saturated rings. The van der Waals surface area contributed by atoms with Gasteiger partial charge in [0.15, 0.2) is 0 Å².